The summed E-state index contributed by atoms with van der Waals surface area (Å²) in [7, 11) is 0. The van der Waals surface area contributed by atoms with E-state index in [0.29, 0.717) is 13.4 Å². The zero-order chi connectivity index (χ0) is 6.41. The van der Waals surface area contributed by atoms with Crippen molar-refractivity contribution < 1.29 is 9.47 Å². The van der Waals surface area contributed by atoms with Gasteiger partial charge in [-0.05, 0) is 13.8 Å². The van der Waals surface area contributed by atoms with E-state index in [1.54, 1.807) is 6.92 Å². The van der Waals surface area contributed by atoms with E-state index >= 15 is 0 Å². The molecule has 0 aliphatic rings. The van der Waals surface area contributed by atoms with Crippen LogP contribution in [-0.4, -0.2) is 18.8 Å². The van der Waals surface area contributed by atoms with Crippen LogP contribution in [0.1, 0.15) is 13.8 Å². The van der Waals surface area contributed by atoms with Crippen LogP contribution in [0.5, 0.6) is 0 Å². The standard InChI is InChI=1S/C5H11O2S/c1-3-6-4-7-5(2)8/h5H,3-4H2,1-2H3. The molecule has 0 saturated heterocycles. The molecule has 0 spiro atoms. The van der Waals surface area contributed by atoms with E-state index in [4.69, 9.17) is 9.47 Å². The van der Waals surface area contributed by atoms with Gasteiger partial charge >= 0.3 is 0 Å². The summed E-state index contributed by atoms with van der Waals surface area (Å²) in [5, 5.41) is 0. The Morgan fingerprint density at radius 2 is 2.25 bits per heavy atom. The van der Waals surface area contributed by atoms with Gasteiger partial charge in [-0.3, -0.25) is 0 Å². The van der Waals surface area contributed by atoms with E-state index in [9.17, 15) is 0 Å². The molecule has 3 heteroatoms. The van der Waals surface area contributed by atoms with E-state index in [1.165, 1.54) is 0 Å². The molecule has 0 fully saturated rings. The summed E-state index contributed by atoms with van der Waals surface area (Å²) in [4.78, 5) is 0. The molecule has 0 aromatic carbocycles. The van der Waals surface area contributed by atoms with Gasteiger partial charge in [0.1, 0.15) is 12.2 Å². The summed E-state index contributed by atoms with van der Waals surface area (Å²) in [6.07, 6.45) is 0. The maximum Gasteiger partial charge on any atom is 0.148 e. The Hall–Kier alpha value is 0.270. The molecular formula is C5H11O2S. The summed E-state index contributed by atoms with van der Waals surface area (Å²) in [5.41, 5.74) is -0.137. The minimum absolute atomic E-state index is 0.137. The van der Waals surface area contributed by atoms with Gasteiger partial charge in [-0.15, -0.1) is 0 Å². The summed E-state index contributed by atoms with van der Waals surface area (Å²) < 4.78 is 9.73. The molecule has 2 nitrogen and oxygen atoms in total. The molecule has 1 radical (unpaired) electrons. The SMILES string of the molecule is CCOCOC(C)[S]. The maximum absolute atomic E-state index is 4.87. The first kappa shape index (κ1) is 8.27. The highest BCUT2D eigenvalue weighted by Crippen LogP contribution is 1.93. The zero-order valence-electron chi connectivity index (χ0n) is 5.22. The van der Waals surface area contributed by atoms with Crippen LogP contribution in [0, 0.1) is 0 Å². The summed E-state index contributed by atoms with van der Waals surface area (Å²) in [5.74, 6) is 0. The molecule has 0 heterocycles. The van der Waals surface area contributed by atoms with Crippen LogP contribution in [-0.2, 0) is 9.47 Å². The van der Waals surface area contributed by atoms with E-state index < -0.39 is 0 Å². The minimum atomic E-state index is -0.137. The first-order chi connectivity index (χ1) is 3.77. The predicted octanol–water partition coefficient (Wildman–Crippen LogP) is 1.54. The van der Waals surface area contributed by atoms with Gasteiger partial charge in [0.25, 0.3) is 0 Å². The van der Waals surface area contributed by atoms with Gasteiger partial charge in [-0.2, -0.15) is 0 Å². The van der Waals surface area contributed by atoms with Crippen molar-refractivity contribution in [2.24, 2.45) is 0 Å². The molecule has 49 valence electrons. The lowest BCUT2D eigenvalue weighted by Gasteiger charge is -2.03. The second-order valence-electron chi connectivity index (χ2n) is 1.34. The Balaban J connectivity index is 2.72. The van der Waals surface area contributed by atoms with Crippen LogP contribution in [0.2, 0.25) is 0 Å². The first-order valence-corrected chi connectivity index (χ1v) is 3.09. The van der Waals surface area contributed by atoms with Gasteiger partial charge in [0, 0.05) is 6.61 Å². The predicted molar refractivity (Wildman–Crippen MR) is 34.6 cm³/mol. The molecule has 0 aromatic heterocycles. The molecular weight excluding hydrogens is 124 g/mol. The van der Waals surface area contributed by atoms with Crippen molar-refractivity contribution in [2.75, 3.05) is 13.4 Å². The Labute approximate surface area is 55.6 Å². The van der Waals surface area contributed by atoms with Crippen molar-refractivity contribution in [2.45, 2.75) is 19.3 Å². The molecule has 0 aromatic rings. The highest BCUT2D eigenvalue weighted by atomic mass is 32.1. The van der Waals surface area contributed by atoms with E-state index in [1.807, 2.05) is 6.92 Å². The largest absolute Gasteiger partial charge is 0.356 e. The minimum Gasteiger partial charge on any atom is -0.356 e. The number of ether oxygens (including phenoxy) is 2. The molecule has 0 amide bonds. The average Bonchev–Trinajstić information content (AvgIpc) is 1.66. The molecule has 0 rings (SSSR count). The number of hydrogen-bond acceptors (Lipinski definition) is 2. The molecule has 1 unspecified atom stereocenters. The van der Waals surface area contributed by atoms with Crippen molar-refractivity contribution in [1.82, 2.24) is 0 Å². The summed E-state index contributed by atoms with van der Waals surface area (Å²) in [6.45, 7) is 4.72. The Morgan fingerprint density at radius 1 is 1.62 bits per heavy atom. The molecule has 0 saturated carbocycles. The number of rotatable bonds is 4. The maximum atomic E-state index is 4.87. The van der Waals surface area contributed by atoms with Crippen molar-refractivity contribution in [3.05, 3.63) is 0 Å². The first-order valence-electron chi connectivity index (χ1n) is 2.62. The van der Waals surface area contributed by atoms with Crippen LogP contribution >= 0.6 is 12.6 Å². The summed E-state index contributed by atoms with van der Waals surface area (Å²) in [6, 6.07) is 0. The summed E-state index contributed by atoms with van der Waals surface area (Å²) >= 11 is 4.69. The normalized spacial score (nSPS) is 13.9. The lowest BCUT2D eigenvalue weighted by atomic mass is 10.8. The fourth-order valence-electron chi connectivity index (χ4n) is 0.227. The Morgan fingerprint density at radius 3 is 2.62 bits per heavy atom. The Kier molecular flexibility index (Phi) is 5.59. The second-order valence-corrected chi connectivity index (χ2v) is 2.01. The highest BCUT2D eigenvalue weighted by molar-refractivity contribution is 7.80. The second kappa shape index (κ2) is 5.41. The van der Waals surface area contributed by atoms with Crippen LogP contribution in [0.25, 0.3) is 0 Å². The quantitative estimate of drug-likeness (QED) is 0.430. The third-order valence-corrected chi connectivity index (χ3v) is 0.726. The third-order valence-electron chi connectivity index (χ3n) is 0.590. The molecule has 8 heavy (non-hydrogen) atoms. The monoisotopic (exact) mass is 135 g/mol. The molecule has 0 bridgehead atoms. The van der Waals surface area contributed by atoms with E-state index in [0.717, 1.165) is 0 Å². The van der Waals surface area contributed by atoms with Crippen LogP contribution < -0.4 is 0 Å². The lowest BCUT2D eigenvalue weighted by molar-refractivity contribution is -0.0542. The molecule has 0 aliphatic carbocycles. The van der Waals surface area contributed by atoms with Gasteiger partial charge in [0.2, 0.25) is 0 Å². The van der Waals surface area contributed by atoms with E-state index in [-0.39, 0.29) is 5.44 Å². The smallest absolute Gasteiger partial charge is 0.148 e. The van der Waals surface area contributed by atoms with Crippen LogP contribution in [0.15, 0.2) is 0 Å². The molecule has 1 atom stereocenters. The lowest BCUT2D eigenvalue weighted by Crippen LogP contribution is -2.04. The number of hydrogen-bond donors (Lipinski definition) is 0. The third kappa shape index (κ3) is 6.27. The van der Waals surface area contributed by atoms with Crippen LogP contribution in [0.3, 0.4) is 0 Å². The fourth-order valence-corrected chi connectivity index (χ4v) is 0.283. The van der Waals surface area contributed by atoms with Crippen LogP contribution in [0.4, 0.5) is 0 Å². The average molecular weight is 135 g/mol. The van der Waals surface area contributed by atoms with Gasteiger partial charge in [0.05, 0.1) is 0 Å². The van der Waals surface area contributed by atoms with Crippen molar-refractivity contribution in [1.29, 1.82) is 0 Å². The van der Waals surface area contributed by atoms with Crippen molar-refractivity contribution in [3.8, 4) is 0 Å². The fraction of sp³-hybridized carbons (Fsp3) is 1.00. The van der Waals surface area contributed by atoms with Gasteiger partial charge < -0.3 is 9.47 Å². The van der Waals surface area contributed by atoms with E-state index in [2.05, 4.69) is 12.6 Å². The van der Waals surface area contributed by atoms with Gasteiger partial charge in [0.15, 0.2) is 0 Å². The molecule has 0 N–H and O–H groups in total. The molecule has 0 aliphatic heterocycles. The van der Waals surface area contributed by atoms with Gasteiger partial charge in [-0.25, -0.2) is 0 Å². The van der Waals surface area contributed by atoms with Crippen molar-refractivity contribution in [3.63, 3.8) is 0 Å². The van der Waals surface area contributed by atoms with Gasteiger partial charge in [-0.1, -0.05) is 12.6 Å². The van der Waals surface area contributed by atoms with Crippen molar-refractivity contribution >= 4 is 12.6 Å². The zero-order valence-corrected chi connectivity index (χ0v) is 6.03. The topological polar surface area (TPSA) is 18.5 Å². The Bertz CT molecular complexity index is 47.7. The highest BCUT2D eigenvalue weighted by Gasteiger charge is 1.90.